The summed E-state index contributed by atoms with van der Waals surface area (Å²) in [5.41, 5.74) is 0. The van der Waals surface area contributed by atoms with E-state index in [1.54, 1.807) is 0 Å². The summed E-state index contributed by atoms with van der Waals surface area (Å²) < 4.78 is 5.33. The lowest BCUT2D eigenvalue weighted by atomic mass is 10.1. The summed E-state index contributed by atoms with van der Waals surface area (Å²) in [6.07, 6.45) is 32.5. The summed E-state index contributed by atoms with van der Waals surface area (Å²) >= 11 is 0. The first-order valence-electron chi connectivity index (χ1n) is 13.6. The monoisotopic (exact) mass is 422 g/mol. The lowest BCUT2D eigenvalue weighted by molar-refractivity contribution is -0.143. The Kier molecular flexibility index (Phi) is 25.6. The Bertz CT molecular complexity index is 362. The molecule has 178 valence electrons. The Balaban J connectivity index is 3.19. The minimum absolute atomic E-state index is 0.00690. The molecule has 0 unspecified atom stereocenters. The van der Waals surface area contributed by atoms with Crippen molar-refractivity contribution in [3.8, 4) is 0 Å². The van der Waals surface area contributed by atoms with Gasteiger partial charge in [0.05, 0.1) is 6.61 Å². The van der Waals surface area contributed by atoms with E-state index in [0.29, 0.717) is 13.0 Å². The van der Waals surface area contributed by atoms with E-state index in [2.05, 4.69) is 26.0 Å². The Morgan fingerprint density at radius 1 is 0.533 bits per heavy atom. The second-order valence-electron chi connectivity index (χ2n) is 9.03. The third kappa shape index (κ3) is 25.2. The molecule has 0 aromatic carbocycles. The van der Waals surface area contributed by atoms with Gasteiger partial charge in [0, 0.05) is 6.42 Å². The normalized spacial score (nSPS) is 11.4. The topological polar surface area (TPSA) is 26.3 Å². The minimum atomic E-state index is 0.00690. The summed E-state index contributed by atoms with van der Waals surface area (Å²) in [5, 5.41) is 0. The highest BCUT2D eigenvalue weighted by Gasteiger charge is 2.02. The average molecular weight is 423 g/mol. The lowest BCUT2D eigenvalue weighted by Crippen LogP contribution is -2.05. The highest BCUT2D eigenvalue weighted by molar-refractivity contribution is 5.69. The van der Waals surface area contributed by atoms with E-state index in [1.165, 1.54) is 116 Å². The third-order valence-electron chi connectivity index (χ3n) is 5.90. The van der Waals surface area contributed by atoms with Crippen LogP contribution in [0.25, 0.3) is 0 Å². The Morgan fingerprint density at radius 2 is 0.933 bits per heavy atom. The van der Waals surface area contributed by atoms with Crippen LogP contribution in [0.4, 0.5) is 0 Å². The molecule has 0 amide bonds. The number of esters is 1. The van der Waals surface area contributed by atoms with E-state index in [0.717, 1.165) is 19.3 Å². The molecule has 0 aliphatic heterocycles. The van der Waals surface area contributed by atoms with Gasteiger partial charge in [-0.1, -0.05) is 122 Å². The van der Waals surface area contributed by atoms with Gasteiger partial charge in [-0.05, 0) is 38.5 Å². The zero-order valence-electron chi connectivity index (χ0n) is 20.7. The van der Waals surface area contributed by atoms with Crippen molar-refractivity contribution >= 4 is 5.97 Å². The zero-order valence-corrected chi connectivity index (χ0v) is 20.7. The minimum Gasteiger partial charge on any atom is -0.466 e. The van der Waals surface area contributed by atoms with E-state index >= 15 is 0 Å². The van der Waals surface area contributed by atoms with Crippen molar-refractivity contribution < 1.29 is 9.53 Å². The highest BCUT2D eigenvalue weighted by Crippen LogP contribution is 2.11. The second-order valence-corrected chi connectivity index (χ2v) is 9.03. The molecule has 0 fully saturated rings. The maximum Gasteiger partial charge on any atom is 0.305 e. The molecule has 0 aromatic heterocycles. The fraction of sp³-hybridized carbons (Fsp3) is 0.893. The molecule has 0 N–H and O–H groups in total. The lowest BCUT2D eigenvalue weighted by Gasteiger charge is -2.05. The molecule has 0 saturated heterocycles. The Labute approximate surface area is 189 Å². The fourth-order valence-corrected chi connectivity index (χ4v) is 3.83. The summed E-state index contributed by atoms with van der Waals surface area (Å²) in [6.45, 7) is 5.14. The first-order valence-corrected chi connectivity index (χ1v) is 13.6. The number of hydrogen-bond donors (Lipinski definition) is 0. The van der Waals surface area contributed by atoms with Crippen LogP contribution in [0, 0.1) is 0 Å². The smallest absolute Gasteiger partial charge is 0.305 e. The van der Waals surface area contributed by atoms with Crippen LogP contribution in [-0.4, -0.2) is 12.6 Å². The number of allylic oxidation sites excluding steroid dienone is 2. The van der Waals surface area contributed by atoms with Crippen LogP contribution < -0.4 is 0 Å². The van der Waals surface area contributed by atoms with Crippen LogP contribution in [0.3, 0.4) is 0 Å². The molecule has 0 aliphatic rings. The van der Waals surface area contributed by atoms with Gasteiger partial charge in [0.15, 0.2) is 0 Å². The Hall–Kier alpha value is -0.790. The summed E-state index contributed by atoms with van der Waals surface area (Å²) in [7, 11) is 0. The van der Waals surface area contributed by atoms with Crippen molar-refractivity contribution in [2.24, 2.45) is 0 Å². The van der Waals surface area contributed by atoms with Crippen molar-refractivity contribution in [2.75, 3.05) is 6.61 Å². The summed E-state index contributed by atoms with van der Waals surface area (Å²) in [4.78, 5) is 11.7. The molecule has 2 nitrogen and oxygen atoms in total. The van der Waals surface area contributed by atoms with Gasteiger partial charge in [0.1, 0.15) is 0 Å². The molecule has 0 heterocycles. The first-order chi connectivity index (χ1) is 14.8. The molecule has 0 rings (SSSR count). The van der Waals surface area contributed by atoms with Crippen LogP contribution in [0.1, 0.15) is 155 Å². The maximum absolute atomic E-state index is 11.7. The van der Waals surface area contributed by atoms with Gasteiger partial charge in [0.25, 0.3) is 0 Å². The predicted octanol–water partition coefficient (Wildman–Crippen LogP) is 9.71. The van der Waals surface area contributed by atoms with Crippen LogP contribution >= 0.6 is 0 Å². The van der Waals surface area contributed by atoms with Crippen LogP contribution in [0.15, 0.2) is 12.2 Å². The standard InChI is InChI=1S/C28H54O2/c1-3-5-7-9-11-12-13-14-15-16-17-18-19-20-21-22-24-26-28(29)30-27-25-23-10-8-6-4-2/h16-17H,3-15,18-27H2,1-2H3/b17-16+. The summed E-state index contributed by atoms with van der Waals surface area (Å²) in [6, 6.07) is 0. The molecule has 0 atom stereocenters. The van der Waals surface area contributed by atoms with E-state index in [-0.39, 0.29) is 5.97 Å². The maximum atomic E-state index is 11.7. The molecule has 2 heteroatoms. The number of hydrogen-bond acceptors (Lipinski definition) is 2. The van der Waals surface area contributed by atoms with Gasteiger partial charge in [-0.15, -0.1) is 0 Å². The van der Waals surface area contributed by atoms with Crippen LogP contribution in [0.5, 0.6) is 0 Å². The van der Waals surface area contributed by atoms with E-state index in [9.17, 15) is 4.79 Å². The van der Waals surface area contributed by atoms with Gasteiger partial charge in [-0.3, -0.25) is 4.79 Å². The van der Waals surface area contributed by atoms with Gasteiger partial charge in [0.2, 0.25) is 0 Å². The Morgan fingerprint density at radius 3 is 1.43 bits per heavy atom. The molecule has 0 aliphatic carbocycles. The molecule has 0 spiro atoms. The predicted molar refractivity (Wildman–Crippen MR) is 133 cm³/mol. The van der Waals surface area contributed by atoms with Crippen molar-refractivity contribution in [1.29, 1.82) is 0 Å². The number of carbonyl (C=O) groups excluding carboxylic acids is 1. The SMILES string of the molecule is CCCCCCCCCC/C=C/CCCCCCCC(=O)OCCCCCCCC. The molecule has 30 heavy (non-hydrogen) atoms. The van der Waals surface area contributed by atoms with E-state index in [1.807, 2.05) is 0 Å². The summed E-state index contributed by atoms with van der Waals surface area (Å²) in [5.74, 6) is 0.00690. The molecule has 0 radical (unpaired) electrons. The van der Waals surface area contributed by atoms with Gasteiger partial charge >= 0.3 is 5.97 Å². The first kappa shape index (κ1) is 29.2. The van der Waals surface area contributed by atoms with Crippen LogP contribution in [-0.2, 0) is 9.53 Å². The average Bonchev–Trinajstić information content (AvgIpc) is 2.75. The van der Waals surface area contributed by atoms with Gasteiger partial charge in [-0.25, -0.2) is 0 Å². The van der Waals surface area contributed by atoms with Gasteiger partial charge in [-0.2, -0.15) is 0 Å². The number of carbonyl (C=O) groups is 1. The van der Waals surface area contributed by atoms with Crippen molar-refractivity contribution in [1.82, 2.24) is 0 Å². The van der Waals surface area contributed by atoms with Crippen molar-refractivity contribution in [2.45, 2.75) is 155 Å². The highest BCUT2D eigenvalue weighted by atomic mass is 16.5. The quantitative estimate of drug-likeness (QED) is 0.0878. The van der Waals surface area contributed by atoms with E-state index < -0.39 is 0 Å². The van der Waals surface area contributed by atoms with Crippen molar-refractivity contribution in [3.05, 3.63) is 12.2 Å². The zero-order chi connectivity index (χ0) is 22.0. The molecular formula is C28H54O2. The third-order valence-corrected chi connectivity index (χ3v) is 5.90. The molecule has 0 saturated carbocycles. The van der Waals surface area contributed by atoms with Crippen LogP contribution in [0.2, 0.25) is 0 Å². The number of rotatable bonds is 24. The van der Waals surface area contributed by atoms with E-state index in [4.69, 9.17) is 4.74 Å². The largest absolute Gasteiger partial charge is 0.466 e. The second kappa shape index (κ2) is 26.2. The van der Waals surface area contributed by atoms with Gasteiger partial charge < -0.3 is 4.74 Å². The number of unbranched alkanes of at least 4 members (excludes halogenated alkanes) is 18. The van der Waals surface area contributed by atoms with Crippen molar-refractivity contribution in [3.63, 3.8) is 0 Å². The fourth-order valence-electron chi connectivity index (χ4n) is 3.83. The number of ether oxygens (including phenoxy) is 1. The molecule has 0 bridgehead atoms. The molecular weight excluding hydrogens is 368 g/mol. The molecule has 0 aromatic rings.